The first-order chi connectivity index (χ1) is 14.4. The first kappa shape index (κ1) is 20.9. The van der Waals surface area contributed by atoms with Crippen LogP contribution in [0, 0.1) is 0 Å². The molecule has 0 aliphatic rings. The van der Waals surface area contributed by atoms with E-state index in [0.717, 1.165) is 12.0 Å². The number of benzene rings is 1. The fraction of sp³-hybridized carbons (Fsp3) is 0.300. The number of nitrogens with zero attached hydrogens (tertiary/aromatic N) is 5. The second-order valence-electron chi connectivity index (χ2n) is 7.02. The molecule has 0 bridgehead atoms. The Morgan fingerprint density at radius 3 is 2.63 bits per heavy atom. The van der Waals surface area contributed by atoms with Gasteiger partial charge in [-0.2, -0.15) is 9.97 Å². The molecule has 0 aliphatic carbocycles. The Balaban J connectivity index is 1.67. The number of amides is 1. The van der Waals surface area contributed by atoms with Crippen LogP contribution in [0.2, 0.25) is 0 Å². The van der Waals surface area contributed by atoms with Crippen LogP contribution in [0.5, 0.6) is 0 Å². The summed E-state index contributed by atoms with van der Waals surface area (Å²) in [6, 6.07) is 7.17. The molecule has 0 saturated carbocycles. The van der Waals surface area contributed by atoms with Gasteiger partial charge in [-0.1, -0.05) is 0 Å². The predicted octanol–water partition coefficient (Wildman–Crippen LogP) is 1.32. The van der Waals surface area contributed by atoms with Gasteiger partial charge in [0.1, 0.15) is 6.29 Å². The molecule has 10 heteroatoms. The second-order valence-corrected chi connectivity index (χ2v) is 7.02. The number of aromatic nitrogens is 4. The largest absolute Gasteiger partial charge is 0.382 e. The fourth-order valence-corrected chi connectivity index (χ4v) is 2.96. The van der Waals surface area contributed by atoms with Crippen LogP contribution in [0.3, 0.4) is 0 Å². The number of fused-ring (bicyclic) bond motifs is 1. The lowest BCUT2D eigenvalue weighted by Crippen LogP contribution is -2.32. The van der Waals surface area contributed by atoms with Crippen molar-refractivity contribution in [1.29, 1.82) is 0 Å². The molecule has 2 heterocycles. The van der Waals surface area contributed by atoms with E-state index in [1.54, 1.807) is 18.3 Å². The highest BCUT2D eigenvalue weighted by Crippen LogP contribution is 2.18. The third-order valence-corrected chi connectivity index (χ3v) is 4.57. The van der Waals surface area contributed by atoms with Gasteiger partial charge in [-0.05, 0) is 37.6 Å². The van der Waals surface area contributed by atoms with E-state index in [-0.39, 0.29) is 23.7 Å². The zero-order chi connectivity index (χ0) is 21.7. The van der Waals surface area contributed by atoms with E-state index in [2.05, 4.69) is 25.3 Å². The van der Waals surface area contributed by atoms with Gasteiger partial charge in [0.15, 0.2) is 17.0 Å². The van der Waals surface area contributed by atoms with Gasteiger partial charge in [-0.25, -0.2) is 9.97 Å². The Morgan fingerprint density at radius 2 is 1.93 bits per heavy atom. The van der Waals surface area contributed by atoms with Gasteiger partial charge < -0.3 is 26.5 Å². The number of nitrogen functional groups attached to an aromatic ring is 2. The summed E-state index contributed by atoms with van der Waals surface area (Å²) >= 11 is 0. The van der Waals surface area contributed by atoms with E-state index in [1.807, 2.05) is 31.0 Å². The zero-order valence-corrected chi connectivity index (χ0v) is 16.9. The molecule has 1 atom stereocenters. The minimum atomic E-state index is -0.169. The number of hydrogen-bond acceptors (Lipinski definition) is 9. The summed E-state index contributed by atoms with van der Waals surface area (Å²) in [5.74, 6) is 0.0754. The van der Waals surface area contributed by atoms with Crippen LogP contribution in [-0.4, -0.2) is 45.2 Å². The Labute approximate surface area is 173 Å². The monoisotopic (exact) mass is 408 g/mol. The molecule has 1 unspecified atom stereocenters. The van der Waals surface area contributed by atoms with E-state index in [1.165, 1.54) is 0 Å². The van der Waals surface area contributed by atoms with Crippen molar-refractivity contribution in [2.75, 3.05) is 23.4 Å². The van der Waals surface area contributed by atoms with Gasteiger partial charge in [0.2, 0.25) is 5.95 Å². The van der Waals surface area contributed by atoms with Crippen LogP contribution in [0.15, 0.2) is 30.5 Å². The van der Waals surface area contributed by atoms with E-state index in [0.29, 0.717) is 41.8 Å². The van der Waals surface area contributed by atoms with E-state index in [9.17, 15) is 9.59 Å². The minimum Gasteiger partial charge on any atom is -0.382 e. The summed E-state index contributed by atoms with van der Waals surface area (Å²) in [6.45, 7) is 2.35. The third kappa shape index (κ3) is 4.96. The van der Waals surface area contributed by atoms with Crippen LogP contribution < -0.4 is 21.7 Å². The molecule has 1 aromatic carbocycles. The molecule has 0 aliphatic heterocycles. The van der Waals surface area contributed by atoms with Gasteiger partial charge in [0.05, 0.1) is 18.4 Å². The molecule has 0 saturated heterocycles. The predicted molar refractivity (Wildman–Crippen MR) is 115 cm³/mol. The number of nitrogens with two attached hydrogens (primary N) is 2. The second kappa shape index (κ2) is 9.12. The molecule has 0 fully saturated rings. The summed E-state index contributed by atoms with van der Waals surface area (Å²) in [4.78, 5) is 41.4. The Morgan fingerprint density at radius 1 is 1.20 bits per heavy atom. The van der Waals surface area contributed by atoms with Crippen molar-refractivity contribution in [3.8, 4) is 0 Å². The number of anilines is 3. The molecular formula is C20H24N8O2. The molecule has 10 nitrogen and oxygen atoms in total. The van der Waals surface area contributed by atoms with Gasteiger partial charge >= 0.3 is 0 Å². The summed E-state index contributed by atoms with van der Waals surface area (Å²) in [5, 5.41) is 2.88. The zero-order valence-electron chi connectivity index (χ0n) is 16.9. The van der Waals surface area contributed by atoms with Gasteiger partial charge in [-0.3, -0.25) is 4.79 Å². The topological polar surface area (TPSA) is 153 Å². The lowest BCUT2D eigenvalue weighted by molar-refractivity contribution is -0.108. The first-order valence-corrected chi connectivity index (χ1v) is 9.47. The van der Waals surface area contributed by atoms with Gasteiger partial charge in [-0.15, -0.1) is 0 Å². The minimum absolute atomic E-state index is 0.0569. The van der Waals surface area contributed by atoms with Crippen LogP contribution in [0.25, 0.3) is 11.2 Å². The molecular weight excluding hydrogens is 384 g/mol. The molecule has 1 amide bonds. The molecule has 3 aromatic rings. The van der Waals surface area contributed by atoms with E-state index < -0.39 is 0 Å². The Kier molecular flexibility index (Phi) is 6.35. The van der Waals surface area contributed by atoms with E-state index >= 15 is 0 Å². The highest BCUT2D eigenvalue weighted by molar-refractivity contribution is 5.94. The molecule has 0 radical (unpaired) electrons. The van der Waals surface area contributed by atoms with Gasteiger partial charge in [0.25, 0.3) is 5.91 Å². The van der Waals surface area contributed by atoms with Crippen molar-refractivity contribution < 1.29 is 9.59 Å². The number of carbonyl (C=O) groups excluding carboxylic acids is 2. The van der Waals surface area contributed by atoms with Crippen molar-refractivity contribution in [1.82, 2.24) is 25.3 Å². The van der Waals surface area contributed by atoms with Crippen LogP contribution in [0.4, 0.5) is 17.5 Å². The Hall–Kier alpha value is -3.82. The maximum absolute atomic E-state index is 12.3. The maximum atomic E-state index is 12.3. The fourth-order valence-electron chi connectivity index (χ4n) is 2.96. The number of nitrogens with one attached hydrogen (secondary N) is 1. The molecule has 3 rings (SSSR count). The van der Waals surface area contributed by atoms with Gasteiger partial charge in [0, 0.05) is 30.8 Å². The SMILES string of the molecule is CC(CCC=O)NC(=O)c1ccc(N(C)Cc2cnc3nc(N)nc(N)c3n2)cc1. The summed E-state index contributed by atoms with van der Waals surface area (Å²) in [6.07, 6.45) is 3.51. The number of aldehydes is 1. The number of hydrogen-bond donors (Lipinski definition) is 3. The molecule has 2 aromatic heterocycles. The lowest BCUT2D eigenvalue weighted by Gasteiger charge is -2.19. The van der Waals surface area contributed by atoms with E-state index in [4.69, 9.17) is 11.5 Å². The molecule has 0 spiro atoms. The van der Waals surface area contributed by atoms with Crippen molar-refractivity contribution in [3.05, 3.63) is 41.7 Å². The smallest absolute Gasteiger partial charge is 0.251 e. The van der Waals surface area contributed by atoms with Crippen LogP contribution >= 0.6 is 0 Å². The molecule has 30 heavy (non-hydrogen) atoms. The van der Waals surface area contributed by atoms with Crippen LogP contribution in [-0.2, 0) is 11.3 Å². The lowest BCUT2D eigenvalue weighted by atomic mass is 10.1. The maximum Gasteiger partial charge on any atom is 0.251 e. The average Bonchev–Trinajstić information content (AvgIpc) is 2.72. The highest BCUT2D eigenvalue weighted by atomic mass is 16.1. The summed E-state index contributed by atoms with van der Waals surface area (Å²) < 4.78 is 0. The number of rotatable bonds is 8. The molecule has 5 N–H and O–H groups in total. The highest BCUT2D eigenvalue weighted by Gasteiger charge is 2.12. The summed E-state index contributed by atoms with van der Waals surface area (Å²) in [5.41, 5.74) is 14.4. The van der Waals surface area contributed by atoms with Crippen molar-refractivity contribution in [2.45, 2.75) is 32.4 Å². The number of carbonyl (C=O) groups is 2. The summed E-state index contributed by atoms with van der Waals surface area (Å²) in [7, 11) is 1.91. The average molecular weight is 408 g/mol. The normalized spacial score (nSPS) is 11.8. The van der Waals surface area contributed by atoms with Crippen LogP contribution in [0.1, 0.15) is 35.8 Å². The quantitative estimate of drug-likeness (QED) is 0.468. The third-order valence-electron chi connectivity index (χ3n) is 4.57. The Bertz CT molecular complexity index is 1050. The first-order valence-electron chi connectivity index (χ1n) is 9.47. The standard InChI is InChI=1S/C20H24N8O2/c1-12(4-3-9-29)24-19(30)13-5-7-15(8-6-13)28(2)11-14-10-23-18-16(25-14)17(21)26-20(22)27-18/h5-10,12H,3-4,11H2,1-2H3,(H,24,30)(H4,21,22,23,26,27). The molecule has 156 valence electrons. The van der Waals surface area contributed by atoms with Crippen molar-refractivity contribution in [3.63, 3.8) is 0 Å². The van der Waals surface area contributed by atoms with Crippen molar-refractivity contribution >= 4 is 40.8 Å². The van der Waals surface area contributed by atoms with Crippen molar-refractivity contribution in [2.24, 2.45) is 0 Å².